The predicted octanol–water partition coefficient (Wildman–Crippen LogP) is 4.73. The fraction of sp³-hybridized carbons (Fsp3) is 0.600. The molecule has 7 heteroatoms. The molecular formula is C20H33NO5Si. The van der Waals surface area contributed by atoms with Crippen LogP contribution in [0.5, 0.6) is 0 Å². The molecule has 2 N–H and O–H groups in total. The van der Waals surface area contributed by atoms with Crippen molar-refractivity contribution in [1.82, 2.24) is 5.32 Å². The number of benzene rings is 1. The summed E-state index contributed by atoms with van der Waals surface area (Å²) < 4.78 is 11.7. The molecule has 27 heavy (non-hydrogen) atoms. The molecule has 1 aromatic rings. The fourth-order valence-electron chi connectivity index (χ4n) is 2.17. The molecule has 0 saturated carbocycles. The third kappa shape index (κ3) is 6.99. The highest BCUT2D eigenvalue weighted by molar-refractivity contribution is 6.74. The van der Waals surface area contributed by atoms with E-state index < -0.39 is 38.1 Å². The summed E-state index contributed by atoms with van der Waals surface area (Å²) in [5, 5.41) is 12.2. The van der Waals surface area contributed by atoms with Crippen molar-refractivity contribution in [1.29, 1.82) is 0 Å². The van der Waals surface area contributed by atoms with Gasteiger partial charge < -0.3 is 19.6 Å². The van der Waals surface area contributed by atoms with Gasteiger partial charge >= 0.3 is 12.1 Å². The van der Waals surface area contributed by atoms with Gasteiger partial charge in [0.25, 0.3) is 0 Å². The van der Waals surface area contributed by atoms with Crippen LogP contribution in [-0.2, 0) is 14.0 Å². The molecule has 0 saturated heterocycles. The Kier molecular flexibility index (Phi) is 7.24. The van der Waals surface area contributed by atoms with Gasteiger partial charge in [-0.15, -0.1) is 0 Å². The van der Waals surface area contributed by atoms with Crippen LogP contribution < -0.4 is 5.32 Å². The first-order valence-corrected chi connectivity index (χ1v) is 12.0. The van der Waals surface area contributed by atoms with Crippen LogP contribution >= 0.6 is 0 Å². The van der Waals surface area contributed by atoms with Crippen LogP contribution in [0.4, 0.5) is 4.79 Å². The first-order chi connectivity index (χ1) is 12.1. The molecule has 0 aliphatic rings. The van der Waals surface area contributed by atoms with E-state index in [1.807, 2.05) is 30.3 Å². The zero-order chi connectivity index (χ0) is 21.0. The molecule has 0 aliphatic carbocycles. The molecule has 152 valence electrons. The summed E-state index contributed by atoms with van der Waals surface area (Å²) in [5.74, 6) is -1.17. The van der Waals surface area contributed by atoms with Gasteiger partial charge in [0.05, 0.1) is 0 Å². The van der Waals surface area contributed by atoms with Crippen molar-refractivity contribution in [3.05, 3.63) is 35.9 Å². The molecule has 0 heterocycles. The van der Waals surface area contributed by atoms with Crippen LogP contribution in [0.15, 0.2) is 30.3 Å². The Labute approximate surface area is 163 Å². The van der Waals surface area contributed by atoms with Gasteiger partial charge in [-0.1, -0.05) is 51.1 Å². The number of nitrogens with one attached hydrogen (secondary N) is 1. The molecule has 0 unspecified atom stereocenters. The van der Waals surface area contributed by atoms with Gasteiger partial charge in [-0.05, 0) is 44.5 Å². The lowest BCUT2D eigenvalue weighted by atomic mass is 10.0. The highest BCUT2D eigenvalue weighted by Gasteiger charge is 2.43. The van der Waals surface area contributed by atoms with E-state index in [9.17, 15) is 14.7 Å². The first-order valence-electron chi connectivity index (χ1n) is 9.09. The average Bonchev–Trinajstić information content (AvgIpc) is 2.48. The van der Waals surface area contributed by atoms with Crippen LogP contribution in [0.3, 0.4) is 0 Å². The van der Waals surface area contributed by atoms with Crippen molar-refractivity contribution in [3.8, 4) is 0 Å². The number of carbonyl (C=O) groups excluding carboxylic acids is 1. The van der Waals surface area contributed by atoms with Crippen LogP contribution in [0, 0.1) is 0 Å². The summed E-state index contributed by atoms with van der Waals surface area (Å²) in [7, 11) is -2.31. The third-order valence-electron chi connectivity index (χ3n) is 4.60. The summed E-state index contributed by atoms with van der Waals surface area (Å²) in [6.45, 7) is 15.5. The van der Waals surface area contributed by atoms with E-state index in [1.165, 1.54) is 0 Å². The van der Waals surface area contributed by atoms with Gasteiger partial charge in [-0.25, -0.2) is 9.59 Å². The Balaban J connectivity index is 3.25. The summed E-state index contributed by atoms with van der Waals surface area (Å²) in [6, 6.07) is 7.85. The molecule has 0 aromatic heterocycles. The molecular weight excluding hydrogens is 362 g/mol. The Hall–Kier alpha value is -1.86. The van der Waals surface area contributed by atoms with E-state index in [-0.39, 0.29) is 5.04 Å². The van der Waals surface area contributed by atoms with E-state index in [0.717, 1.165) is 0 Å². The topological polar surface area (TPSA) is 84.9 Å². The fourth-order valence-corrected chi connectivity index (χ4v) is 3.43. The summed E-state index contributed by atoms with van der Waals surface area (Å²) >= 11 is 0. The molecule has 0 fully saturated rings. The molecule has 2 atom stereocenters. The van der Waals surface area contributed by atoms with E-state index in [1.54, 1.807) is 20.8 Å². The number of carbonyl (C=O) groups is 2. The minimum absolute atomic E-state index is 0.116. The highest BCUT2D eigenvalue weighted by atomic mass is 28.4. The monoisotopic (exact) mass is 395 g/mol. The second-order valence-corrected chi connectivity index (χ2v) is 13.9. The standard InChI is InChI=1S/C20H33NO5Si/c1-19(2,3)25-18(24)21-15(17(22)23)16(14-12-10-9-11-13-14)26-27(7,8)20(4,5)6/h9-13,15-16H,1-8H3,(H,21,24)(H,22,23)/t15-,16-/m0/s1. The van der Waals surface area contributed by atoms with E-state index in [2.05, 4.69) is 39.2 Å². The predicted molar refractivity (Wildman–Crippen MR) is 108 cm³/mol. The van der Waals surface area contributed by atoms with Crippen LogP contribution in [0.1, 0.15) is 53.2 Å². The van der Waals surface area contributed by atoms with Crippen molar-refractivity contribution in [2.24, 2.45) is 0 Å². The van der Waals surface area contributed by atoms with Crippen molar-refractivity contribution in [2.45, 2.75) is 77.4 Å². The zero-order valence-electron chi connectivity index (χ0n) is 17.6. The van der Waals surface area contributed by atoms with Crippen molar-refractivity contribution >= 4 is 20.4 Å². The average molecular weight is 396 g/mol. The Morgan fingerprint density at radius 1 is 1.04 bits per heavy atom. The second kappa shape index (κ2) is 8.44. The third-order valence-corrected chi connectivity index (χ3v) is 9.05. The lowest BCUT2D eigenvalue weighted by Crippen LogP contribution is -2.51. The molecule has 1 aromatic carbocycles. The highest BCUT2D eigenvalue weighted by Crippen LogP contribution is 2.40. The molecule has 0 aliphatic heterocycles. The Morgan fingerprint density at radius 2 is 1.56 bits per heavy atom. The number of aliphatic carboxylic acids is 1. The first kappa shape index (κ1) is 23.2. The van der Waals surface area contributed by atoms with Gasteiger partial charge in [-0.2, -0.15) is 0 Å². The maximum Gasteiger partial charge on any atom is 0.408 e. The number of hydrogen-bond acceptors (Lipinski definition) is 4. The molecule has 6 nitrogen and oxygen atoms in total. The van der Waals surface area contributed by atoms with Crippen LogP contribution in [0.2, 0.25) is 18.1 Å². The number of amides is 1. The lowest BCUT2D eigenvalue weighted by Gasteiger charge is -2.41. The van der Waals surface area contributed by atoms with Gasteiger partial charge in [-0.3, -0.25) is 0 Å². The molecule has 0 spiro atoms. The van der Waals surface area contributed by atoms with Gasteiger partial charge in [0.1, 0.15) is 11.7 Å². The van der Waals surface area contributed by atoms with E-state index in [4.69, 9.17) is 9.16 Å². The Morgan fingerprint density at radius 3 is 1.96 bits per heavy atom. The van der Waals surface area contributed by atoms with Crippen molar-refractivity contribution in [2.75, 3.05) is 0 Å². The summed E-state index contributed by atoms with van der Waals surface area (Å²) in [4.78, 5) is 24.2. The normalized spacial score (nSPS) is 15.0. The van der Waals surface area contributed by atoms with E-state index in [0.29, 0.717) is 5.56 Å². The molecule has 1 rings (SSSR count). The number of alkyl carbamates (subject to hydrolysis) is 1. The van der Waals surface area contributed by atoms with Crippen molar-refractivity contribution < 1.29 is 23.9 Å². The van der Waals surface area contributed by atoms with Gasteiger partial charge in [0.15, 0.2) is 14.4 Å². The quantitative estimate of drug-likeness (QED) is 0.680. The molecule has 0 radical (unpaired) electrons. The minimum Gasteiger partial charge on any atom is -0.480 e. The zero-order valence-corrected chi connectivity index (χ0v) is 18.6. The SMILES string of the molecule is CC(C)(C)OC(=O)N[C@H](C(=O)O)[C@@H](O[Si](C)(C)C(C)(C)C)c1ccccc1. The summed E-state index contributed by atoms with van der Waals surface area (Å²) in [6.07, 6.45) is -1.60. The molecule has 1 amide bonds. The Bertz CT molecular complexity index is 647. The molecule has 0 bridgehead atoms. The number of ether oxygens (including phenoxy) is 1. The smallest absolute Gasteiger partial charge is 0.408 e. The number of hydrogen-bond donors (Lipinski definition) is 2. The minimum atomic E-state index is -2.31. The number of carboxylic acid groups (broad SMARTS) is 1. The lowest BCUT2D eigenvalue weighted by molar-refractivity contribution is -0.142. The second-order valence-electron chi connectivity index (χ2n) is 9.17. The maximum absolute atomic E-state index is 12.2. The number of rotatable bonds is 6. The van der Waals surface area contributed by atoms with Crippen LogP contribution in [-0.4, -0.2) is 37.1 Å². The van der Waals surface area contributed by atoms with Gasteiger partial charge in [0, 0.05) is 0 Å². The maximum atomic E-state index is 12.2. The van der Waals surface area contributed by atoms with Gasteiger partial charge in [0.2, 0.25) is 0 Å². The number of carboxylic acids is 1. The van der Waals surface area contributed by atoms with Crippen molar-refractivity contribution in [3.63, 3.8) is 0 Å². The summed E-state index contributed by atoms with van der Waals surface area (Å²) in [5.41, 5.74) is -0.0267. The van der Waals surface area contributed by atoms with Crippen LogP contribution in [0.25, 0.3) is 0 Å². The largest absolute Gasteiger partial charge is 0.480 e. The van der Waals surface area contributed by atoms with E-state index >= 15 is 0 Å².